The van der Waals surface area contributed by atoms with Crippen LogP contribution in [-0.2, 0) is 14.9 Å². The second-order valence-corrected chi connectivity index (χ2v) is 4.30. The molecule has 0 saturated heterocycles. The van der Waals surface area contributed by atoms with Crippen LogP contribution in [0.4, 0.5) is 0 Å². The van der Waals surface area contributed by atoms with Crippen molar-refractivity contribution in [3.05, 3.63) is 28.5 Å². The zero-order valence-corrected chi connectivity index (χ0v) is 9.96. The third kappa shape index (κ3) is 2.12. The van der Waals surface area contributed by atoms with Crippen LogP contribution >= 0.6 is 15.9 Å². The number of hydrogen-bond acceptors (Lipinski definition) is 3. The zero-order valence-electron chi connectivity index (χ0n) is 8.37. The molecule has 1 rings (SSSR count). The lowest BCUT2D eigenvalue weighted by atomic mass is 9.85. The number of carbonyl (C=O) groups excluding carboxylic acids is 1. The minimum Gasteiger partial charge on any atom is -0.468 e. The third-order valence-corrected chi connectivity index (χ3v) is 2.58. The predicted octanol–water partition coefficient (Wildman–Crippen LogP) is 2.29. The molecule has 0 unspecified atom stereocenters. The largest absolute Gasteiger partial charge is 0.468 e. The fraction of sp³-hybridized carbons (Fsp3) is 0.400. The van der Waals surface area contributed by atoms with Gasteiger partial charge in [-0.15, -0.1) is 0 Å². The molecule has 4 heteroatoms. The Bertz CT molecular complexity index is 350. The summed E-state index contributed by atoms with van der Waals surface area (Å²) in [6.45, 7) is 3.64. The number of halogens is 1. The molecule has 1 heterocycles. The van der Waals surface area contributed by atoms with Crippen LogP contribution in [0.5, 0.6) is 0 Å². The van der Waals surface area contributed by atoms with Crippen LogP contribution in [0.15, 0.2) is 22.9 Å². The van der Waals surface area contributed by atoms with E-state index >= 15 is 0 Å². The normalized spacial score (nSPS) is 11.1. The summed E-state index contributed by atoms with van der Waals surface area (Å²) in [5.74, 6) is -0.254. The maximum atomic E-state index is 11.5. The van der Waals surface area contributed by atoms with Gasteiger partial charge in [0.25, 0.3) is 0 Å². The van der Waals surface area contributed by atoms with Crippen molar-refractivity contribution in [2.45, 2.75) is 19.3 Å². The Hall–Kier alpha value is -0.900. The number of ether oxygens (including phenoxy) is 1. The number of aromatic nitrogens is 1. The first kappa shape index (κ1) is 11.2. The first-order valence-corrected chi connectivity index (χ1v) is 4.98. The van der Waals surface area contributed by atoms with Crippen LogP contribution in [0.3, 0.4) is 0 Å². The molecule has 0 fully saturated rings. The van der Waals surface area contributed by atoms with Gasteiger partial charge in [0.2, 0.25) is 0 Å². The lowest BCUT2D eigenvalue weighted by Gasteiger charge is -2.21. The Kier molecular flexibility index (Phi) is 3.26. The number of carbonyl (C=O) groups is 1. The minimum atomic E-state index is -0.639. The lowest BCUT2D eigenvalue weighted by Crippen LogP contribution is -2.30. The van der Waals surface area contributed by atoms with Crippen LogP contribution in [-0.4, -0.2) is 18.1 Å². The molecule has 1 aromatic heterocycles. The quantitative estimate of drug-likeness (QED) is 0.603. The molecular formula is C10H12BrNO2. The molecule has 0 aromatic carbocycles. The summed E-state index contributed by atoms with van der Waals surface area (Å²) < 4.78 is 5.45. The molecule has 1 aromatic rings. The van der Waals surface area contributed by atoms with Gasteiger partial charge in [-0.05, 0) is 47.5 Å². The lowest BCUT2D eigenvalue weighted by molar-refractivity contribution is -0.146. The molecule has 0 aliphatic carbocycles. The Labute approximate surface area is 91.6 Å². The van der Waals surface area contributed by atoms with Crippen LogP contribution in [0.1, 0.15) is 19.4 Å². The summed E-state index contributed by atoms with van der Waals surface area (Å²) in [4.78, 5) is 15.5. The summed E-state index contributed by atoms with van der Waals surface area (Å²) in [5, 5.41) is 0. The fourth-order valence-electron chi connectivity index (χ4n) is 1.16. The second kappa shape index (κ2) is 4.09. The van der Waals surface area contributed by atoms with Gasteiger partial charge in [-0.3, -0.25) is 4.79 Å². The van der Waals surface area contributed by atoms with Gasteiger partial charge in [0, 0.05) is 6.20 Å². The van der Waals surface area contributed by atoms with Crippen molar-refractivity contribution in [1.29, 1.82) is 0 Å². The van der Waals surface area contributed by atoms with Gasteiger partial charge in [0.1, 0.15) is 4.60 Å². The smallest absolute Gasteiger partial charge is 0.315 e. The molecule has 0 aliphatic rings. The van der Waals surface area contributed by atoms with Gasteiger partial charge >= 0.3 is 5.97 Å². The van der Waals surface area contributed by atoms with Crippen molar-refractivity contribution in [3.8, 4) is 0 Å². The molecule has 14 heavy (non-hydrogen) atoms. The number of esters is 1. The highest BCUT2D eigenvalue weighted by Crippen LogP contribution is 2.25. The summed E-state index contributed by atoms with van der Waals surface area (Å²) in [6.07, 6.45) is 1.66. The summed E-state index contributed by atoms with van der Waals surface area (Å²) in [5.41, 5.74) is 0.242. The van der Waals surface area contributed by atoms with E-state index in [9.17, 15) is 4.79 Å². The van der Waals surface area contributed by atoms with E-state index in [1.54, 1.807) is 6.20 Å². The van der Waals surface area contributed by atoms with Crippen molar-refractivity contribution < 1.29 is 9.53 Å². The van der Waals surface area contributed by atoms with Crippen LogP contribution in [0, 0.1) is 0 Å². The fourth-order valence-corrected chi connectivity index (χ4v) is 1.53. The molecule has 3 nitrogen and oxygen atoms in total. The Balaban J connectivity index is 3.09. The van der Waals surface area contributed by atoms with Crippen molar-refractivity contribution in [1.82, 2.24) is 4.98 Å². The number of pyridine rings is 1. The van der Waals surface area contributed by atoms with Crippen molar-refractivity contribution >= 4 is 21.9 Å². The molecule has 0 spiro atoms. The zero-order chi connectivity index (χ0) is 10.8. The Morgan fingerprint density at radius 2 is 2.21 bits per heavy atom. The molecule has 0 amide bonds. The SMILES string of the molecule is COC(=O)C(C)(C)c1ccnc(Br)c1. The Morgan fingerprint density at radius 1 is 1.57 bits per heavy atom. The molecular weight excluding hydrogens is 246 g/mol. The molecule has 0 atom stereocenters. The van der Waals surface area contributed by atoms with Gasteiger partial charge in [0.05, 0.1) is 12.5 Å². The topological polar surface area (TPSA) is 39.2 Å². The van der Waals surface area contributed by atoms with Crippen LogP contribution in [0.2, 0.25) is 0 Å². The van der Waals surface area contributed by atoms with Crippen LogP contribution < -0.4 is 0 Å². The Morgan fingerprint density at radius 3 is 2.71 bits per heavy atom. The predicted molar refractivity (Wildman–Crippen MR) is 57.0 cm³/mol. The van der Waals surface area contributed by atoms with Crippen molar-refractivity contribution in [3.63, 3.8) is 0 Å². The average molecular weight is 258 g/mol. The van der Waals surface area contributed by atoms with Crippen molar-refractivity contribution in [2.24, 2.45) is 0 Å². The number of hydrogen-bond donors (Lipinski definition) is 0. The monoisotopic (exact) mass is 257 g/mol. The highest BCUT2D eigenvalue weighted by molar-refractivity contribution is 9.10. The summed E-state index contributed by atoms with van der Waals surface area (Å²) in [6, 6.07) is 3.62. The molecule has 0 N–H and O–H groups in total. The van der Waals surface area contributed by atoms with Gasteiger partial charge in [-0.1, -0.05) is 0 Å². The first-order valence-electron chi connectivity index (χ1n) is 4.19. The summed E-state index contributed by atoms with van der Waals surface area (Å²) >= 11 is 3.26. The second-order valence-electron chi connectivity index (χ2n) is 3.48. The van der Waals surface area contributed by atoms with E-state index in [1.807, 2.05) is 26.0 Å². The highest BCUT2D eigenvalue weighted by atomic mass is 79.9. The summed E-state index contributed by atoms with van der Waals surface area (Å²) in [7, 11) is 1.39. The number of methoxy groups -OCH3 is 1. The molecule has 0 saturated carbocycles. The molecule has 0 radical (unpaired) electrons. The number of rotatable bonds is 2. The van der Waals surface area contributed by atoms with Gasteiger partial charge < -0.3 is 4.74 Å². The van der Waals surface area contributed by atoms with E-state index in [2.05, 4.69) is 20.9 Å². The van der Waals surface area contributed by atoms with Crippen molar-refractivity contribution in [2.75, 3.05) is 7.11 Å². The molecule has 0 aliphatic heterocycles. The van der Waals surface area contributed by atoms with E-state index < -0.39 is 5.41 Å². The average Bonchev–Trinajstić information content (AvgIpc) is 2.16. The maximum Gasteiger partial charge on any atom is 0.315 e. The molecule has 0 bridgehead atoms. The third-order valence-electron chi connectivity index (χ3n) is 2.14. The first-order chi connectivity index (χ1) is 6.48. The van der Waals surface area contributed by atoms with E-state index in [0.717, 1.165) is 5.56 Å². The van der Waals surface area contributed by atoms with Gasteiger partial charge in [-0.25, -0.2) is 4.98 Å². The van der Waals surface area contributed by atoms with E-state index in [-0.39, 0.29) is 5.97 Å². The van der Waals surface area contributed by atoms with Gasteiger partial charge in [-0.2, -0.15) is 0 Å². The van der Waals surface area contributed by atoms with Crippen LogP contribution in [0.25, 0.3) is 0 Å². The molecule has 76 valence electrons. The standard InChI is InChI=1S/C10H12BrNO2/c1-10(2,9(13)14-3)7-4-5-12-8(11)6-7/h4-6H,1-3H3. The highest BCUT2D eigenvalue weighted by Gasteiger charge is 2.30. The van der Waals surface area contributed by atoms with E-state index in [4.69, 9.17) is 4.74 Å². The van der Waals surface area contributed by atoms with Gasteiger partial charge in [0.15, 0.2) is 0 Å². The van der Waals surface area contributed by atoms with E-state index in [1.165, 1.54) is 7.11 Å². The number of nitrogens with zero attached hydrogens (tertiary/aromatic N) is 1. The minimum absolute atomic E-state index is 0.254. The maximum absolute atomic E-state index is 11.5. The van der Waals surface area contributed by atoms with E-state index in [0.29, 0.717) is 4.60 Å².